The van der Waals surface area contributed by atoms with Crippen molar-refractivity contribution in [3.8, 4) is 5.88 Å². The average Bonchev–Trinajstić information content (AvgIpc) is 2.37. The molecule has 18 heavy (non-hydrogen) atoms. The summed E-state index contributed by atoms with van der Waals surface area (Å²) in [6.45, 7) is 2.61. The molecule has 6 heteroatoms. The smallest absolute Gasteiger partial charge is 0.218 e. The van der Waals surface area contributed by atoms with Crippen LogP contribution in [0.1, 0.15) is 18.7 Å². The van der Waals surface area contributed by atoms with Gasteiger partial charge in [-0.05, 0) is 18.8 Å². The molecule has 1 aromatic rings. The number of nitrogens with two attached hydrogens (primary N) is 1. The molecule has 0 atom stereocenters. The van der Waals surface area contributed by atoms with Gasteiger partial charge in [0.15, 0.2) is 5.82 Å². The van der Waals surface area contributed by atoms with Crippen molar-refractivity contribution >= 4 is 5.82 Å². The molecule has 0 saturated carbocycles. The molecule has 1 aromatic heterocycles. The van der Waals surface area contributed by atoms with Crippen LogP contribution in [0.3, 0.4) is 0 Å². The quantitative estimate of drug-likeness (QED) is 0.843. The predicted octanol–water partition coefficient (Wildman–Crippen LogP) is 1.01. The number of nitrogens with zero attached hydrogens (tertiary/aromatic N) is 2. The topological polar surface area (TPSA) is 79.5 Å². The molecule has 1 fully saturated rings. The Hall–Kier alpha value is -1.40. The Morgan fingerprint density at radius 3 is 2.89 bits per heavy atom. The first-order valence-corrected chi connectivity index (χ1v) is 6.11. The highest BCUT2D eigenvalue weighted by atomic mass is 16.5. The van der Waals surface area contributed by atoms with Crippen LogP contribution in [0.5, 0.6) is 5.88 Å². The van der Waals surface area contributed by atoms with Gasteiger partial charge in [0.25, 0.3) is 0 Å². The Morgan fingerprint density at radius 1 is 1.39 bits per heavy atom. The van der Waals surface area contributed by atoms with Gasteiger partial charge < -0.3 is 19.9 Å². The van der Waals surface area contributed by atoms with Gasteiger partial charge in [0, 0.05) is 26.4 Å². The normalized spacial score (nSPS) is 16.7. The van der Waals surface area contributed by atoms with Crippen LogP contribution in [0.25, 0.3) is 0 Å². The Labute approximate surface area is 106 Å². The van der Waals surface area contributed by atoms with Crippen molar-refractivity contribution in [1.29, 1.82) is 0 Å². The number of anilines is 1. The number of hydrogen-bond acceptors (Lipinski definition) is 6. The summed E-state index contributed by atoms with van der Waals surface area (Å²) in [6, 6.07) is 1.64. The fourth-order valence-corrected chi connectivity index (χ4v) is 1.88. The van der Waals surface area contributed by atoms with E-state index in [0.29, 0.717) is 36.7 Å². The zero-order valence-corrected chi connectivity index (χ0v) is 10.6. The number of ether oxygens (including phenoxy) is 3. The summed E-state index contributed by atoms with van der Waals surface area (Å²) in [5, 5.41) is 0. The Morgan fingerprint density at radius 2 is 2.17 bits per heavy atom. The molecule has 0 aromatic carbocycles. The second kappa shape index (κ2) is 6.51. The van der Waals surface area contributed by atoms with Crippen LogP contribution < -0.4 is 10.5 Å². The molecule has 0 spiro atoms. The van der Waals surface area contributed by atoms with Gasteiger partial charge in [0.1, 0.15) is 12.4 Å². The van der Waals surface area contributed by atoms with Crippen LogP contribution >= 0.6 is 0 Å². The summed E-state index contributed by atoms with van der Waals surface area (Å²) in [6.07, 6.45) is 2.07. The molecule has 0 bridgehead atoms. The van der Waals surface area contributed by atoms with Crippen LogP contribution in [0.2, 0.25) is 0 Å². The molecule has 1 aliphatic heterocycles. The summed E-state index contributed by atoms with van der Waals surface area (Å²) in [5.74, 6) is 1.99. The van der Waals surface area contributed by atoms with Gasteiger partial charge in [0.05, 0.1) is 6.61 Å². The SMILES string of the molecule is COCc1nc(N)cc(OCC2CCOCC2)n1. The zero-order chi connectivity index (χ0) is 12.8. The minimum absolute atomic E-state index is 0.332. The highest BCUT2D eigenvalue weighted by Gasteiger charge is 2.15. The molecule has 0 unspecified atom stereocenters. The number of hydrogen-bond donors (Lipinski definition) is 1. The van der Waals surface area contributed by atoms with E-state index >= 15 is 0 Å². The Balaban J connectivity index is 1.91. The highest BCUT2D eigenvalue weighted by Crippen LogP contribution is 2.17. The molecule has 2 N–H and O–H groups in total. The summed E-state index contributed by atoms with van der Waals surface area (Å²) < 4.78 is 16.0. The zero-order valence-electron chi connectivity index (χ0n) is 10.6. The van der Waals surface area contributed by atoms with E-state index in [2.05, 4.69) is 9.97 Å². The van der Waals surface area contributed by atoms with Gasteiger partial charge in [-0.3, -0.25) is 0 Å². The molecule has 6 nitrogen and oxygen atoms in total. The highest BCUT2D eigenvalue weighted by molar-refractivity contribution is 5.32. The van der Waals surface area contributed by atoms with Gasteiger partial charge in [-0.15, -0.1) is 0 Å². The first kappa shape index (κ1) is 13.0. The third kappa shape index (κ3) is 3.82. The Bertz CT molecular complexity index is 381. The van der Waals surface area contributed by atoms with E-state index in [9.17, 15) is 0 Å². The van der Waals surface area contributed by atoms with E-state index < -0.39 is 0 Å². The van der Waals surface area contributed by atoms with Crippen LogP contribution in [0.4, 0.5) is 5.82 Å². The molecule has 0 amide bonds. The van der Waals surface area contributed by atoms with Crippen LogP contribution in [0, 0.1) is 5.92 Å². The monoisotopic (exact) mass is 253 g/mol. The van der Waals surface area contributed by atoms with Gasteiger partial charge in [-0.2, -0.15) is 4.98 Å². The maximum absolute atomic E-state index is 5.69. The lowest BCUT2D eigenvalue weighted by atomic mass is 10.0. The summed E-state index contributed by atoms with van der Waals surface area (Å²) >= 11 is 0. The molecular weight excluding hydrogens is 234 g/mol. The van der Waals surface area contributed by atoms with Gasteiger partial charge in [-0.25, -0.2) is 4.98 Å². The average molecular weight is 253 g/mol. The van der Waals surface area contributed by atoms with Crippen molar-refractivity contribution in [1.82, 2.24) is 9.97 Å². The first-order valence-electron chi connectivity index (χ1n) is 6.11. The largest absolute Gasteiger partial charge is 0.477 e. The fourth-order valence-electron chi connectivity index (χ4n) is 1.88. The predicted molar refractivity (Wildman–Crippen MR) is 66.2 cm³/mol. The molecule has 2 heterocycles. The number of aromatic nitrogens is 2. The van der Waals surface area contributed by atoms with Crippen molar-refractivity contribution < 1.29 is 14.2 Å². The van der Waals surface area contributed by atoms with E-state index in [-0.39, 0.29) is 0 Å². The van der Waals surface area contributed by atoms with Gasteiger partial charge in [-0.1, -0.05) is 0 Å². The lowest BCUT2D eigenvalue weighted by Crippen LogP contribution is -2.21. The number of methoxy groups -OCH3 is 1. The third-order valence-corrected chi connectivity index (χ3v) is 2.85. The maximum atomic E-state index is 5.69. The lowest BCUT2D eigenvalue weighted by molar-refractivity contribution is 0.0489. The van der Waals surface area contributed by atoms with Crippen LogP contribution in [-0.4, -0.2) is 36.9 Å². The summed E-state index contributed by atoms with van der Waals surface area (Å²) in [5.41, 5.74) is 5.69. The summed E-state index contributed by atoms with van der Waals surface area (Å²) in [4.78, 5) is 8.30. The van der Waals surface area contributed by atoms with Crippen LogP contribution in [-0.2, 0) is 16.1 Å². The van der Waals surface area contributed by atoms with Gasteiger partial charge >= 0.3 is 0 Å². The van der Waals surface area contributed by atoms with E-state index in [1.807, 2.05) is 0 Å². The van der Waals surface area contributed by atoms with Crippen molar-refractivity contribution in [2.75, 3.05) is 32.7 Å². The van der Waals surface area contributed by atoms with E-state index in [4.69, 9.17) is 19.9 Å². The van der Waals surface area contributed by atoms with Gasteiger partial charge in [0.2, 0.25) is 5.88 Å². The molecular formula is C12H19N3O3. The fraction of sp³-hybridized carbons (Fsp3) is 0.667. The molecule has 2 rings (SSSR count). The second-order valence-electron chi connectivity index (χ2n) is 4.35. The molecule has 0 aliphatic carbocycles. The Kier molecular flexibility index (Phi) is 4.72. The molecule has 1 aliphatic rings. The molecule has 1 saturated heterocycles. The van der Waals surface area contributed by atoms with Crippen LogP contribution in [0.15, 0.2) is 6.07 Å². The van der Waals surface area contributed by atoms with E-state index in [1.165, 1.54) is 0 Å². The van der Waals surface area contributed by atoms with Crippen molar-refractivity contribution in [2.24, 2.45) is 5.92 Å². The molecule has 100 valence electrons. The first-order chi connectivity index (χ1) is 8.78. The standard InChI is InChI=1S/C12H19N3O3/c1-16-8-11-14-10(13)6-12(15-11)18-7-9-2-4-17-5-3-9/h6,9H,2-5,7-8H2,1H3,(H2,13,14,15). The number of nitrogen functional groups attached to an aromatic ring is 1. The lowest BCUT2D eigenvalue weighted by Gasteiger charge is -2.21. The molecule has 0 radical (unpaired) electrons. The third-order valence-electron chi connectivity index (χ3n) is 2.85. The second-order valence-corrected chi connectivity index (χ2v) is 4.35. The van der Waals surface area contributed by atoms with Crippen molar-refractivity contribution in [3.63, 3.8) is 0 Å². The minimum atomic E-state index is 0.332. The van der Waals surface area contributed by atoms with E-state index in [1.54, 1.807) is 13.2 Å². The minimum Gasteiger partial charge on any atom is -0.477 e. The van der Waals surface area contributed by atoms with Crippen molar-refractivity contribution in [3.05, 3.63) is 11.9 Å². The van der Waals surface area contributed by atoms with Crippen molar-refractivity contribution in [2.45, 2.75) is 19.4 Å². The number of rotatable bonds is 5. The maximum Gasteiger partial charge on any atom is 0.218 e. The summed E-state index contributed by atoms with van der Waals surface area (Å²) in [7, 11) is 1.59. The van der Waals surface area contributed by atoms with E-state index in [0.717, 1.165) is 26.1 Å².